The number of rotatable bonds is 4. The number of nitrogens with two attached hydrogens (primary N) is 1. The zero-order valence-electron chi connectivity index (χ0n) is 10.1. The summed E-state index contributed by atoms with van der Waals surface area (Å²) < 4.78 is 5.90. The Labute approximate surface area is 102 Å². The van der Waals surface area contributed by atoms with Crippen LogP contribution in [0.5, 0.6) is 5.75 Å². The van der Waals surface area contributed by atoms with Crippen LogP contribution in [0.4, 0.5) is 0 Å². The highest BCUT2D eigenvalue weighted by Crippen LogP contribution is 2.41. The second kappa shape index (κ2) is 4.27. The van der Waals surface area contributed by atoms with E-state index in [1.165, 1.54) is 12.8 Å². The molecule has 2 heterocycles. The summed E-state index contributed by atoms with van der Waals surface area (Å²) in [4.78, 5) is 4.23. The third-order valence-corrected chi connectivity index (χ3v) is 3.80. The van der Waals surface area contributed by atoms with Crippen molar-refractivity contribution in [3.8, 4) is 5.75 Å². The first-order valence-electron chi connectivity index (χ1n) is 6.34. The molecule has 1 aromatic rings. The Hall–Kier alpha value is -1.13. The van der Waals surface area contributed by atoms with Gasteiger partial charge >= 0.3 is 0 Å². The molecule has 1 saturated heterocycles. The molecule has 0 amide bonds. The van der Waals surface area contributed by atoms with Crippen molar-refractivity contribution in [2.45, 2.75) is 44.5 Å². The van der Waals surface area contributed by atoms with Crippen molar-refractivity contribution in [1.29, 1.82) is 0 Å². The van der Waals surface area contributed by atoms with Gasteiger partial charge in [0.05, 0.1) is 11.9 Å². The Balaban J connectivity index is 1.57. The largest absolute Gasteiger partial charge is 0.487 e. The van der Waals surface area contributed by atoms with Gasteiger partial charge in [0.2, 0.25) is 0 Å². The number of piperidine rings is 1. The molecule has 3 N–H and O–H groups in total. The van der Waals surface area contributed by atoms with E-state index in [2.05, 4.69) is 17.2 Å². The third-order valence-electron chi connectivity index (χ3n) is 3.80. The standard InChI is InChI=1S/C13H19N3O/c1-8(12-4-9-5-13(9)16-12)17-11-3-2-10(6-14)15-7-11/h2-3,7-9,12-13,16H,4-6,14H2,1H3. The number of nitrogens with one attached hydrogen (secondary N) is 1. The van der Waals surface area contributed by atoms with Crippen LogP contribution in [-0.4, -0.2) is 23.2 Å². The highest BCUT2D eigenvalue weighted by Gasteiger charge is 2.47. The molecule has 4 unspecified atom stereocenters. The summed E-state index contributed by atoms with van der Waals surface area (Å²) in [7, 11) is 0. The van der Waals surface area contributed by atoms with Crippen molar-refractivity contribution in [3.05, 3.63) is 24.0 Å². The molecule has 3 rings (SSSR count). The Bertz CT molecular complexity index is 382. The number of hydrogen-bond acceptors (Lipinski definition) is 4. The third kappa shape index (κ3) is 2.28. The molecule has 92 valence electrons. The zero-order chi connectivity index (χ0) is 11.8. The smallest absolute Gasteiger partial charge is 0.138 e. The van der Waals surface area contributed by atoms with E-state index in [0.29, 0.717) is 12.6 Å². The maximum atomic E-state index is 5.90. The summed E-state index contributed by atoms with van der Waals surface area (Å²) in [6.45, 7) is 2.60. The molecule has 1 aliphatic heterocycles. The summed E-state index contributed by atoms with van der Waals surface area (Å²) >= 11 is 0. The number of pyridine rings is 1. The van der Waals surface area contributed by atoms with Crippen LogP contribution in [0.25, 0.3) is 0 Å². The summed E-state index contributed by atoms with van der Waals surface area (Å²) in [6, 6.07) is 5.12. The highest BCUT2D eigenvalue weighted by atomic mass is 16.5. The molecule has 1 saturated carbocycles. The fourth-order valence-corrected chi connectivity index (χ4v) is 2.61. The Morgan fingerprint density at radius 3 is 3.00 bits per heavy atom. The van der Waals surface area contributed by atoms with Gasteiger partial charge in [-0.05, 0) is 37.8 Å². The Morgan fingerprint density at radius 1 is 1.53 bits per heavy atom. The van der Waals surface area contributed by atoms with Gasteiger partial charge in [0.15, 0.2) is 0 Å². The quantitative estimate of drug-likeness (QED) is 0.816. The number of nitrogens with zero attached hydrogens (tertiary/aromatic N) is 1. The Morgan fingerprint density at radius 2 is 2.41 bits per heavy atom. The van der Waals surface area contributed by atoms with E-state index in [4.69, 9.17) is 10.5 Å². The Kier molecular flexibility index (Phi) is 2.76. The van der Waals surface area contributed by atoms with Crippen LogP contribution in [0.2, 0.25) is 0 Å². The molecule has 4 atom stereocenters. The molecule has 2 fully saturated rings. The van der Waals surface area contributed by atoms with E-state index in [1.807, 2.05) is 12.1 Å². The molecule has 2 aliphatic rings. The van der Waals surface area contributed by atoms with E-state index in [1.54, 1.807) is 6.20 Å². The van der Waals surface area contributed by atoms with Crippen LogP contribution >= 0.6 is 0 Å². The number of ether oxygens (including phenoxy) is 1. The van der Waals surface area contributed by atoms with Crippen LogP contribution in [0.3, 0.4) is 0 Å². The SMILES string of the molecule is CC(Oc1ccc(CN)nc1)C1CC2CC2N1. The summed E-state index contributed by atoms with van der Waals surface area (Å²) in [5.74, 6) is 1.74. The highest BCUT2D eigenvalue weighted by molar-refractivity contribution is 5.20. The predicted molar refractivity (Wildman–Crippen MR) is 65.7 cm³/mol. The van der Waals surface area contributed by atoms with E-state index in [0.717, 1.165) is 23.4 Å². The van der Waals surface area contributed by atoms with Gasteiger partial charge in [0, 0.05) is 18.6 Å². The number of hydrogen-bond donors (Lipinski definition) is 2. The first-order chi connectivity index (χ1) is 8.26. The van der Waals surface area contributed by atoms with E-state index in [-0.39, 0.29) is 6.10 Å². The molecule has 0 aromatic carbocycles. The van der Waals surface area contributed by atoms with Gasteiger partial charge in [-0.15, -0.1) is 0 Å². The molecule has 1 aromatic heterocycles. The molecule has 1 aliphatic carbocycles. The van der Waals surface area contributed by atoms with Gasteiger partial charge in [0.25, 0.3) is 0 Å². The monoisotopic (exact) mass is 233 g/mol. The first kappa shape index (κ1) is 11.0. The van der Waals surface area contributed by atoms with E-state index < -0.39 is 0 Å². The molecule has 17 heavy (non-hydrogen) atoms. The van der Waals surface area contributed by atoms with Crippen LogP contribution in [0.15, 0.2) is 18.3 Å². The van der Waals surface area contributed by atoms with Gasteiger partial charge in [0.1, 0.15) is 11.9 Å². The molecule has 4 nitrogen and oxygen atoms in total. The molecule has 0 radical (unpaired) electrons. The van der Waals surface area contributed by atoms with Crippen LogP contribution in [-0.2, 0) is 6.54 Å². The maximum absolute atomic E-state index is 5.90. The first-order valence-corrected chi connectivity index (χ1v) is 6.34. The van der Waals surface area contributed by atoms with Gasteiger partial charge in [-0.25, -0.2) is 0 Å². The van der Waals surface area contributed by atoms with E-state index in [9.17, 15) is 0 Å². The van der Waals surface area contributed by atoms with E-state index >= 15 is 0 Å². The van der Waals surface area contributed by atoms with Crippen LogP contribution < -0.4 is 15.8 Å². The van der Waals surface area contributed by atoms with Crippen LogP contribution in [0.1, 0.15) is 25.5 Å². The molecule has 0 bridgehead atoms. The van der Waals surface area contributed by atoms with Gasteiger partial charge in [-0.2, -0.15) is 0 Å². The second-order valence-corrected chi connectivity index (χ2v) is 5.12. The van der Waals surface area contributed by atoms with Crippen molar-refractivity contribution in [3.63, 3.8) is 0 Å². The van der Waals surface area contributed by atoms with Crippen molar-refractivity contribution >= 4 is 0 Å². The second-order valence-electron chi connectivity index (χ2n) is 5.12. The average Bonchev–Trinajstić information content (AvgIpc) is 2.97. The molecule has 0 spiro atoms. The lowest BCUT2D eigenvalue weighted by Crippen LogP contribution is -2.38. The van der Waals surface area contributed by atoms with Gasteiger partial charge in [-0.1, -0.05) is 0 Å². The minimum absolute atomic E-state index is 0.202. The molecular formula is C13H19N3O. The summed E-state index contributed by atoms with van der Waals surface area (Å²) in [5.41, 5.74) is 6.40. The minimum atomic E-state index is 0.202. The lowest BCUT2D eigenvalue weighted by atomic mass is 10.1. The fourth-order valence-electron chi connectivity index (χ4n) is 2.61. The lowest BCUT2D eigenvalue weighted by molar-refractivity contribution is 0.172. The summed E-state index contributed by atoms with van der Waals surface area (Å²) in [6.07, 6.45) is 4.57. The van der Waals surface area contributed by atoms with Gasteiger partial charge in [-0.3, -0.25) is 4.98 Å². The predicted octanol–water partition coefficient (Wildman–Crippen LogP) is 1.06. The molecular weight excluding hydrogens is 214 g/mol. The lowest BCUT2D eigenvalue weighted by Gasteiger charge is -2.22. The van der Waals surface area contributed by atoms with Crippen molar-refractivity contribution in [1.82, 2.24) is 10.3 Å². The molecule has 4 heteroatoms. The van der Waals surface area contributed by atoms with Crippen LogP contribution in [0, 0.1) is 5.92 Å². The normalized spacial score (nSPS) is 32.0. The van der Waals surface area contributed by atoms with Gasteiger partial charge < -0.3 is 15.8 Å². The maximum Gasteiger partial charge on any atom is 0.138 e. The van der Waals surface area contributed by atoms with Crippen molar-refractivity contribution in [2.24, 2.45) is 11.7 Å². The average molecular weight is 233 g/mol. The number of aromatic nitrogens is 1. The zero-order valence-corrected chi connectivity index (χ0v) is 10.1. The summed E-state index contributed by atoms with van der Waals surface area (Å²) in [5, 5.41) is 3.61. The van der Waals surface area contributed by atoms with Crippen molar-refractivity contribution in [2.75, 3.05) is 0 Å². The topological polar surface area (TPSA) is 60.2 Å². The fraction of sp³-hybridized carbons (Fsp3) is 0.615. The number of fused-ring (bicyclic) bond motifs is 1. The van der Waals surface area contributed by atoms with Crippen molar-refractivity contribution < 1.29 is 4.74 Å². The minimum Gasteiger partial charge on any atom is -0.487 e.